The Bertz CT molecular complexity index is 878. The quantitative estimate of drug-likeness (QED) is 0.496. The fraction of sp³-hybridized carbons (Fsp3) is 0.200. The van der Waals surface area contributed by atoms with Crippen molar-refractivity contribution in [3.8, 4) is 5.75 Å². The number of amidine groups is 1. The van der Waals surface area contributed by atoms with Crippen molar-refractivity contribution in [1.82, 2.24) is 16.3 Å². The van der Waals surface area contributed by atoms with Gasteiger partial charge in [-0.2, -0.15) is 5.10 Å². The van der Waals surface area contributed by atoms with Crippen molar-refractivity contribution in [2.75, 3.05) is 7.11 Å². The van der Waals surface area contributed by atoms with Gasteiger partial charge in [0.25, 0.3) is 5.91 Å². The normalized spacial score (nSPS) is 16.1. The number of nitrogens with one attached hydrogen (secondary N) is 3. The van der Waals surface area contributed by atoms with E-state index in [0.717, 1.165) is 16.9 Å². The monoisotopic (exact) mass is 379 g/mol. The van der Waals surface area contributed by atoms with Crippen LogP contribution >= 0.6 is 0 Å². The molecule has 1 heterocycles. The molecule has 0 bridgehead atoms. The van der Waals surface area contributed by atoms with Gasteiger partial charge >= 0.3 is 0 Å². The van der Waals surface area contributed by atoms with Crippen LogP contribution in [0.4, 0.5) is 0 Å². The topological polar surface area (TPSA) is 104 Å². The predicted molar refractivity (Wildman–Crippen MR) is 106 cm³/mol. The molecule has 0 unspecified atom stereocenters. The minimum atomic E-state index is -0.795. The number of hydrazone groups is 1. The molecular weight excluding hydrogens is 358 g/mol. The Balaban J connectivity index is 1.54. The molecule has 1 atom stereocenters. The number of carbonyl (C=O) groups excluding carboxylic acids is 2. The Morgan fingerprint density at radius 1 is 1.18 bits per heavy atom. The van der Waals surface area contributed by atoms with Gasteiger partial charge in [-0.05, 0) is 35.4 Å². The Morgan fingerprint density at radius 2 is 1.93 bits per heavy atom. The van der Waals surface area contributed by atoms with Gasteiger partial charge in [-0.25, -0.2) is 5.43 Å². The molecule has 0 aromatic heterocycles. The molecule has 2 amide bonds. The van der Waals surface area contributed by atoms with Crippen molar-refractivity contribution in [3.05, 3.63) is 65.7 Å². The molecule has 3 N–H and O–H groups in total. The van der Waals surface area contributed by atoms with Crippen LogP contribution in [0.5, 0.6) is 5.75 Å². The first-order valence-electron chi connectivity index (χ1n) is 8.76. The molecule has 8 nitrogen and oxygen atoms in total. The number of amides is 2. The number of methoxy groups -OCH3 is 1. The molecule has 144 valence electrons. The minimum absolute atomic E-state index is 0.0915. The third-order valence-electron chi connectivity index (χ3n) is 4.06. The average molecular weight is 379 g/mol. The van der Waals surface area contributed by atoms with Gasteiger partial charge in [0, 0.05) is 6.42 Å². The van der Waals surface area contributed by atoms with E-state index in [1.165, 1.54) is 6.21 Å². The third kappa shape index (κ3) is 5.41. The summed E-state index contributed by atoms with van der Waals surface area (Å²) in [5.74, 6) is 0.591. The lowest BCUT2D eigenvalue weighted by Crippen LogP contribution is -2.52. The summed E-state index contributed by atoms with van der Waals surface area (Å²) in [4.78, 5) is 28.4. The number of rotatable bonds is 7. The van der Waals surface area contributed by atoms with Crippen molar-refractivity contribution in [1.29, 1.82) is 0 Å². The van der Waals surface area contributed by atoms with Crippen LogP contribution in [0.25, 0.3) is 0 Å². The summed E-state index contributed by atoms with van der Waals surface area (Å²) in [5.41, 5.74) is 9.61. The first-order chi connectivity index (χ1) is 13.6. The smallest absolute Gasteiger partial charge is 0.263 e. The highest BCUT2D eigenvalue weighted by Crippen LogP contribution is 2.10. The summed E-state index contributed by atoms with van der Waals surface area (Å²) in [6, 6.07) is 16.2. The average Bonchev–Trinajstić information content (AvgIpc) is 2.72. The number of carbonyl (C=O) groups is 2. The van der Waals surface area contributed by atoms with E-state index in [0.29, 0.717) is 12.3 Å². The molecule has 2 aromatic rings. The van der Waals surface area contributed by atoms with Crippen LogP contribution in [0.3, 0.4) is 0 Å². The van der Waals surface area contributed by atoms with Crippen LogP contribution in [0.15, 0.2) is 64.7 Å². The molecule has 1 aliphatic rings. The lowest BCUT2D eigenvalue weighted by Gasteiger charge is -2.21. The van der Waals surface area contributed by atoms with Crippen molar-refractivity contribution >= 4 is 23.9 Å². The molecule has 0 fully saturated rings. The molecular formula is C20H21N5O3. The van der Waals surface area contributed by atoms with Crippen LogP contribution in [0, 0.1) is 0 Å². The molecule has 2 aromatic carbocycles. The zero-order valence-corrected chi connectivity index (χ0v) is 15.4. The number of aliphatic imine (C=N–C) groups is 1. The van der Waals surface area contributed by atoms with Crippen molar-refractivity contribution in [3.63, 3.8) is 0 Å². The summed E-state index contributed by atoms with van der Waals surface area (Å²) in [5, 5.41) is 3.91. The standard InChI is InChI=1S/C20H21N5O3/c1-28-16-9-7-15(8-10-16)13-21-24-19(26)12-17-20(27)25-23-18(22-17)11-14-5-3-2-4-6-14/h2-10,13,17H,11-12H2,1H3,(H,22,23)(H,24,26)(H,25,27)/b21-13-/t17-/m1/s1. The van der Waals surface area contributed by atoms with E-state index in [2.05, 4.69) is 26.4 Å². The minimum Gasteiger partial charge on any atom is -0.497 e. The zero-order chi connectivity index (χ0) is 19.8. The van der Waals surface area contributed by atoms with Gasteiger partial charge in [0.2, 0.25) is 5.91 Å². The van der Waals surface area contributed by atoms with Crippen LogP contribution in [0.1, 0.15) is 17.5 Å². The van der Waals surface area contributed by atoms with Gasteiger partial charge in [0.1, 0.15) is 17.6 Å². The van der Waals surface area contributed by atoms with Gasteiger partial charge in [0.15, 0.2) is 0 Å². The Kier molecular flexibility index (Phi) is 6.35. The molecule has 0 radical (unpaired) electrons. The van der Waals surface area contributed by atoms with Crippen molar-refractivity contribution in [2.45, 2.75) is 18.9 Å². The highest BCUT2D eigenvalue weighted by Gasteiger charge is 2.25. The maximum Gasteiger partial charge on any atom is 0.263 e. The molecule has 1 aliphatic heterocycles. The van der Waals surface area contributed by atoms with Gasteiger partial charge in [-0.1, -0.05) is 30.3 Å². The fourth-order valence-electron chi connectivity index (χ4n) is 2.60. The molecule has 0 spiro atoms. The summed E-state index contributed by atoms with van der Waals surface area (Å²) in [6.07, 6.45) is 1.96. The van der Waals surface area contributed by atoms with Gasteiger partial charge < -0.3 is 4.74 Å². The Morgan fingerprint density at radius 3 is 2.64 bits per heavy atom. The highest BCUT2D eigenvalue weighted by atomic mass is 16.5. The predicted octanol–water partition coefficient (Wildman–Crippen LogP) is 1.18. The first-order valence-corrected chi connectivity index (χ1v) is 8.76. The van der Waals surface area contributed by atoms with Crippen LogP contribution < -0.4 is 21.0 Å². The lowest BCUT2D eigenvalue weighted by atomic mass is 10.1. The first kappa shape index (κ1) is 19.1. The molecule has 0 aliphatic carbocycles. The molecule has 0 saturated heterocycles. The maximum atomic E-state index is 12.1. The molecule has 28 heavy (non-hydrogen) atoms. The van der Waals surface area contributed by atoms with Gasteiger partial charge in [-0.3, -0.25) is 25.4 Å². The van der Waals surface area contributed by atoms with Crippen LogP contribution in [0.2, 0.25) is 0 Å². The van der Waals surface area contributed by atoms with E-state index in [-0.39, 0.29) is 12.3 Å². The second kappa shape index (κ2) is 9.31. The largest absolute Gasteiger partial charge is 0.497 e. The lowest BCUT2D eigenvalue weighted by molar-refractivity contribution is -0.128. The summed E-state index contributed by atoms with van der Waals surface area (Å²) >= 11 is 0. The number of ether oxygens (including phenoxy) is 1. The van der Waals surface area contributed by atoms with E-state index < -0.39 is 11.9 Å². The molecule has 0 saturated carbocycles. The van der Waals surface area contributed by atoms with E-state index in [1.807, 2.05) is 42.5 Å². The molecule has 8 heteroatoms. The Hall–Kier alpha value is -3.68. The third-order valence-corrected chi connectivity index (χ3v) is 4.06. The Labute approximate surface area is 162 Å². The van der Waals surface area contributed by atoms with Crippen molar-refractivity contribution < 1.29 is 14.3 Å². The molecule has 3 rings (SSSR count). The summed E-state index contributed by atoms with van der Waals surface area (Å²) in [6.45, 7) is 0. The van der Waals surface area contributed by atoms with Crippen LogP contribution in [-0.2, 0) is 16.0 Å². The number of nitrogens with zero attached hydrogens (tertiary/aromatic N) is 2. The number of hydrazine groups is 1. The van der Waals surface area contributed by atoms with E-state index in [1.54, 1.807) is 19.2 Å². The van der Waals surface area contributed by atoms with Gasteiger partial charge in [-0.15, -0.1) is 0 Å². The second-order valence-electron chi connectivity index (χ2n) is 6.14. The maximum absolute atomic E-state index is 12.1. The van der Waals surface area contributed by atoms with E-state index in [4.69, 9.17) is 4.74 Å². The number of benzene rings is 2. The fourth-order valence-corrected chi connectivity index (χ4v) is 2.60. The van der Waals surface area contributed by atoms with Gasteiger partial charge in [0.05, 0.1) is 19.7 Å². The highest BCUT2D eigenvalue weighted by molar-refractivity contribution is 5.96. The SMILES string of the molecule is COc1ccc(/C=N\NC(=O)C[C@H]2N=C(Cc3ccccc3)NNC2=O)cc1. The van der Waals surface area contributed by atoms with E-state index >= 15 is 0 Å². The number of hydrogen-bond donors (Lipinski definition) is 3. The van der Waals surface area contributed by atoms with E-state index in [9.17, 15) is 9.59 Å². The second-order valence-corrected chi connectivity index (χ2v) is 6.14. The zero-order valence-electron chi connectivity index (χ0n) is 15.4. The van der Waals surface area contributed by atoms with Crippen molar-refractivity contribution in [2.24, 2.45) is 10.1 Å². The number of hydrogen-bond acceptors (Lipinski definition) is 6. The summed E-state index contributed by atoms with van der Waals surface area (Å²) in [7, 11) is 1.59. The summed E-state index contributed by atoms with van der Waals surface area (Å²) < 4.78 is 5.08. The van der Waals surface area contributed by atoms with Crippen LogP contribution in [-0.4, -0.2) is 37.0 Å².